The number of methoxy groups -OCH3 is 1. The molecule has 5 heteroatoms. The molecule has 6 rings (SSSR count). The third-order valence-corrected chi connectivity index (χ3v) is 6.81. The van der Waals surface area contributed by atoms with Crippen molar-refractivity contribution in [3.05, 3.63) is 66.9 Å². The van der Waals surface area contributed by atoms with Gasteiger partial charge in [0.15, 0.2) is 0 Å². The summed E-state index contributed by atoms with van der Waals surface area (Å²) < 4.78 is 5.45. The normalized spacial score (nSPS) is 26.5. The number of pyridine rings is 2. The molecule has 3 aromatic rings. The lowest BCUT2D eigenvalue weighted by atomic mass is 9.73. The van der Waals surface area contributed by atoms with Gasteiger partial charge in [-0.3, -0.25) is 9.88 Å². The van der Waals surface area contributed by atoms with Crippen LogP contribution in [0, 0.1) is 11.8 Å². The summed E-state index contributed by atoms with van der Waals surface area (Å²) in [5.74, 6) is 1.89. The van der Waals surface area contributed by atoms with Gasteiger partial charge in [-0.2, -0.15) is 0 Å². The van der Waals surface area contributed by atoms with E-state index in [0.717, 1.165) is 53.1 Å². The zero-order valence-electron chi connectivity index (χ0n) is 17.2. The molecule has 3 aliphatic rings. The minimum atomic E-state index is -0.598. The molecular weight excluding hydrogens is 374 g/mol. The second-order valence-corrected chi connectivity index (χ2v) is 8.39. The number of fused-ring (bicyclic) bond motifs is 4. The molecule has 0 amide bonds. The monoisotopic (exact) mass is 401 g/mol. The summed E-state index contributed by atoms with van der Waals surface area (Å²) in [5, 5.41) is 12.5. The van der Waals surface area contributed by atoms with E-state index in [1.807, 2.05) is 42.5 Å². The second kappa shape index (κ2) is 7.82. The second-order valence-electron chi connectivity index (χ2n) is 8.39. The van der Waals surface area contributed by atoms with Crippen LogP contribution in [-0.4, -0.2) is 46.2 Å². The topological polar surface area (TPSA) is 58.5 Å². The first-order valence-corrected chi connectivity index (χ1v) is 10.6. The van der Waals surface area contributed by atoms with E-state index in [2.05, 4.69) is 22.5 Å². The number of benzene rings is 1. The average Bonchev–Trinajstić information content (AvgIpc) is 2.83. The van der Waals surface area contributed by atoms with E-state index in [1.54, 1.807) is 13.3 Å². The average molecular weight is 402 g/mol. The Hall–Kier alpha value is -2.76. The van der Waals surface area contributed by atoms with Gasteiger partial charge < -0.3 is 9.84 Å². The Morgan fingerprint density at radius 3 is 2.83 bits per heavy atom. The Balaban J connectivity index is 1.60. The first-order valence-electron chi connectivity index (χ1n) is 10.6. The first-order chi connectivity index (χ1) is 14.7. The van der Waals surface area contributed by atoms with E-state index in [1.165, 1.54) is 6.42 Å². The summed E-state index contributed by atoms with van der Waals surface area (Å²) >= 11 is 0. The zero-order chi connectivity index (χ0) is 20.7. The highest BCUT2D eigenvalue weighted by Gasteiger charge is 2.42. The summed E-state index contributed by atoms with van der Waals surface area (Å²) in [6.45, 7) is 6.04. The van der Waals surface area contributed by atoms with Crippen LogP contribution in [0.15, 0.2) is 61.3 Å². The quantitative estimate of drug-likeness (QED) is 0.648. The van der Waals surface area contributed by atoms with Crippen LogP contribution in [0.2, 0.25) is 0 Å². The molecule has 0 aliphatic carbocycles. The Labute approximate surface area is 177 Å². The van der Waals surface area contributed by atoms with Crippen molar-refractivity contribution in [2.75, 3.05) is 20.2 Å². The Morgan fingerprint density at radius 2 is 2.13 bits per heavy atom. The highest BCUT2D eigenvalue weighted by atomic mass is 16.5. The standard InChI is InChI=1S/C25H27N3O2/c1-3-16-15-28-11-9-17(16)12-24(28)25(29)20-14-23(22-6-4-5-10-26-22)27-21-8-7-18(30-2)13-19(20)21/h3-8,10,13-14,16-17,24-25,29H,1,9,11-12,15H2,2H3/t16?,17?,24?,25-/m1/s1. The molecule has 5 heterocycles. The number of rotatable bonds is 5. The van der Waals surface area contributed by atoms with Crippen LogP contribution in [0.1, 0.15) is 24.5 Å². The predicted octanol–water partition coefficient (Wildman–Crippen LogP) is 4.24. The fraction of sp³-hybridized carbons (Fsp3) is 0.360. The number of aliphatic hydroxyl groups excluding tert-OH is 1. The molecule has 0 radical (unpaired) electrons. The summed E-state index contributed by atoms with van der Waals surface area (Å²) in [7, 11) is 1.66. The lowest BCUT2D eigenvalue weighted by Crippen LogP contribution is -2.54. The predicted molar refractivity (Wildman–Crippen MR) is 118 cm³/mol. The van der Waals surface area contributed by atoms with Gasteiger partial charge in [-0.1, -0.05) is 12.1 Å². The number of aliphatic hydroxyl groups is 1. The molecule has 3 saturated heterocycles. The van der Waals surface area contributed by atoms with Crippen molar-refractivity contribution >= 4 is 10.9 Å². The van der Waals surface area contributed by atoms with Gasteiger partial charge in [0.25, 0.3) is 0 Å². The van der Waals surface area contributed by atoms with Crippen LogP contribution in [0.25, 0.3) is 22.3 Å². The molecule has 3 fully saturated rings. The first kappa shape index (κ1) is 19.2. The van der Waals surface area contributed by atoms with E-state index in [9.17, 15) is 5.11 Å². The maximum Gasteiger partial charge on any atom is 0.119 e. The summed E-state index contributed by atoms with van der Waals surface area (Å²) in [6, 6.07) is 13.8. The van der Waals surface area contributed by atoms with Crippen LogP contribution in [0.5, 0.6) is 5.75 Å². The largest absolute Gasteiger partial charge is 0.497 e. The molecule has 1 N–H and O–H groups in total. The third kappa shape index (κ3) is 3.28. The van der Waals surface area contributed by atoms with Gasteiger partial charge in [-0.15, -0.1) is 6.58 Å². The molecule has 30 heavy (non-hydrogen) atoms. The minimum absolute atomic E-state index is 0.105. The smallest absolute Gasteiger partial charge is 0.119 e. The van der Waals surface area contributed by atoms with Crippen LogP contribution < -0.4 is 4.74 Å². The lowest BCUT2D eigenvalue weighted by Gasteiger charge is -2.50. The van der Waals surface area contributed by atoms with Crippen molar-refractivity contribution in [2.45, 2.75) is 25.0 Å². The number of nitrogens with zero attached hydrogens (tertiary/aromatic N) is 3. The SMILES string of the molecule is C=CC1CN2CCC1CC2[C@H](O)c1cc(-c2ccccn2)nc2ccc(OC)cc12. The molecule has 0 spiro atoms. The van der Waals surface area contributed by atoms with Crippen LogP contribution >= 0.6 is 0 Å². The molecule has 154 valence electrons. The van der Waals surface area contributed by atoms with Gasteiger partial charge in [0.1, 0.15) is 5.75 Å². The maximum absolute atomic E-state index is 11.6. The van der Waals surface area contributed by atoms with Crippen molar-refractivity contribution < 1.29 is 9.84 Å². The minimum Gasteiger partial charge on any atom is -0.497 e. The van der Waals surface area contributed by atoms with Crippen LogP contribution in [0.4, 0.5) is 0 Å². The molecular formula is C25H27N3O2. The zero-order valence-corrected chi connectivity index (χ0v) is 17.2. The van der Waals surface area contributed by atoms with Gasteiger partial charge in [0, 0.05) is 24.2 Å². The van der Waals surface area contributed by atoms with Gasteiger partial charge in [0.2, 0.25) is 0 Å². The van der Waals surface area contributed by atoms with E-state index in [-0.39, 0.29) is 6.04 Å². The number of aromatic nitrogens is 2. The van der Waals surface area contributed by atoms with Crippen LogP contribution in [0.3, 0.4) is 0 Å². The summed E-state index contributed by atoms with van der Waals surface area (Å²) in [4.78, 5) is 11.7. The van der Waals surface area contributed by atoms with E-state index in [0.29, 0.717) is 11.8 Å². The van der Waals surface area contributed by atoms with Crippen molar-refractivity contribution in [3.63, 3.8) is 0 Å². The number of piperidine rings is 3. The molecule has 4 unspecified atom stereocenters. The van der Waals surface area contributed by atoms with Gasteiger partial charge in [0.05, 0.1) is 30.1 Å². The Morgan fingerprint density at radius 1 is 1.23 bits per heavy atom. The molecule has 5 atom stereocenters. The van der Waals surface area contributed by atoms with Crippen LogP contribution in [-0.2, 0) is 0 Å². The van der Waals surface area contributed by atoms with Gasteiger partial charge >= 0.3 is 0 Å². The fourth-order valence-corrected chi connectivity index (χ4v) is 5.16. The fourth-order valence-electron chi connectivity index (χ4n) is 5.16. The molecule has 5 nitrogen and oxygen atoms in total. The summed E-state index contributed by atoms with van der Waals surface area (Å²) in [5.41, 5.74) is 3.32. The summed E-state index contributed by atoms with van der Waals surface area (Å²) in [6.07, 6.45) is 5.44. The maximum atomic E-state index is 11.6. The van der Waals surface area contributed by atoms with Gasteiger partial charge in [-0.25, -0.2) is 4.98 Å². The third-order valence-electron chi connectivity index (χ3n) is 6.81. The van der Waals surface area contributed by atoms with Gasteiger partial charge in [-0.05, 0) is 73.2 Å². The Kier molecular flexibility index (Phi) is 5.01. The number of ether oxygens (including phenoxy) is 1. The lowest BCUT2D eigenvalue weighted by molar-refractivity contribution is -0.0444. The van der Waals surface area contributed by atoms with Crippen molar-refractivity contribution in [2.24, 2.45) is 11.8 Å². The molecule has 2 bridgehead atoms. The highest BCUT2D eigenvalue weighted by Crippen LogP contribution is 2.42. The number of hydrogen-bond donors (Lipinski definition) is 1. The van der Waals surface area contributed by atoms with Crippen molar-refractivity contribution in [1.82, 2.24) is 14.9 Å². The molecule has 0 saturated carbocycles. The Bertz CT molecular complexity index is 1070. The van der Waals surface area contributed by atoms with E-state index in [4.69, 9.17) is 9.72 Å². The molecule has 3 aliphatic heterocycles. The van der Waals surface area contributed by atoms with E-state index >= 15 is 0 Å². The van der Waals surface area contributed by atoms with E-state index < -0.39 is 6.10 Å². The molecule has 1 aromatic carbocycles. The molecule has 2 aromatic heterocycles. The van der Waals surface area contributed by atoms with Crippen molar-refractivity contribution in [1.29, 1.82) is 0 Å². The van der Waals surface area contributed by atoms with Crippen molar-refractivity contribution in [3.8, 4) is 17.1 Å². The number of hydrogen-bond acceptors (Lipinski definition) is 5. The highest BCUT2D eigenvalue weighted by molar-refractivity contribution is 5.86.